The Morgan fingerprint density at radius 2 is 1.89 bits per heavy atom. The summed E-state index contributed by atoms with van der Waals surface area (Å²) >= 11 is 0. The van der Waals surface area contributed by atoms with Gasteiger partial charge in [0, 0.05) is 13.1 Å². The molecule has 0 radical (unpaired) electrons. The molecule has 28 heavy (non-hydrogen) atoms. The van der Waals surface area contributed by atoms with Crippen LogP contribution < -0.4 is 19.7 Å². The lowest BCUT2D eigenvalue weighted by Crippen LogP contribution is -2.30. The molecule has 1 saturated heterocycles. The van der Waals surface area contributed by atoms with Crippen molar-refractivity contribution in [3.05, 3.63) is 47.8 Å². The maximum Gasteiger partial charge on any atom is 0.387 e. The number of alkyl halides is 2. The minimum atomic E-state index is -3.12. The fourth-order valence-electron chi connectivity index (χ4n) is 3.27. The minimum absolute atomic E-state index is 0.00319. The number of rotatable bonds is 6. The molecule has 0 aliphatic carbocycles. The standard InChI is InChI=1S/C20H21F3N2O3/c1-27-17-7-5-6-14(18(17)28-20(22)23)19(26)24-15-12-13(21)8-9-16(15)25-10-3-2-4-11-25/h5-9,12,20H,2-4,10-11H2,1H3,(H,24,26). The van der Waals surface area contributed by atoms with E-state index in [1.807, 2.05) is 0 Å². The van der Waals surface area contributed by atoms with Crippen LogP contribution in [0.3, 0.4) is 0 Å². The number of carbonyl (C=O) groups is 1. The molecule has 0 unspecified atom stereocenters. The molecule has 1 fully saturated rings. The molecule has 150 valence electrons. The average molecular weight is 394 g/mol. The summed E-state index contributed by atoms with van der Waals surface area (Å²) in [5.74, 6) is -1.57. The molecule has 0 aromatic heterocycles. The molecule has 0 saturated carbocycles. The zero-order valence-corrected chi connectivity index (χ0v) is 15.4. The van der Waals surface area contributed by atoms with Crippen LogP contribution in [0.4, 0.5) is 24.5 Å². The topological polar surface area (TPSA) is 50.8 Å². The lowest BCUT2D eigenvalue weighted by molar-refractivity contribution is -0.0515. The van der Waals surface area contributed by atoms with Crippen LogP contribution in [-0.2, 0) is 0 Å². The van der Waals surface area contributed by atoms with E-state index in [9.17, 15) is 18.0 Å². The van der Waals surface area contributed by atoms with Gasteiger partial charge in [0.1, 0.15) is 5.82 Å². The fraction of sp³-hybridized carbons (Fsp3) is 0.350. The first kappa shape index (κ1) is 19.9. The van der Waals surface area contributed by atoms with Gasteiger partial charge in [-0.3, -0.25) is 4.79 Å². The Balaban J connectivity index is 1.92. The second-order valence-corrected chi connectivity index (χ2v) is 6.38. The Labute approximate surface area is 161 Å². The minimum Gasteiger partial charge on any atom is -0.493 e. The van der Waals surface area contributed by atoms with Crippen LogP contribution in [0.15, 0.2) is 36.4 Å². The van der Waals surface area contributed by atoms with E-state index in [0.29, 0.717) is 5.69 Å². The first-order valence-electron chi connectivity index (χ1n) is 8.97. The lowest BCUT2D eigenvalue weighted by atomic mass is 10.1. The molecule has 8 heteroatoms. The zero-order valence-electron chi connectivity index (χ0n) is 15.4. The molecule has 1 aliphatic heterocycles. The van der Waals surface area contributed by atoms with Crippen molar-refractivity contribution < 1.29 is 27.4 Å². The van der Waals surface area contributed by atoms with E-state index in [4.69, 9.17) is 4.74 Å². The summed E-state index contributed by atoms with van der Waals surface area (Å²) in [5, 5.41) is 2.63. The maximum atomic E-state index is 13.8. The van der Waals surface area contributed by atoms with Gasteiger partial charge in [0.15, 0.2) is 11.5 Å². The molecule has 1 heterocycles. The smallest absolute Gasteiger partial charge is 0.387 e. The van der Waals surface area contributed by atoms with Crippen molar-refractivity contribution in [2.24, 2.45) is 0 Å². The summed E-state index contributed by atoms with van der Waals surface area (Å²) in [4.78, 5) is 14.9. The van der Waals surface area contributed by atoms with Crippen LogP contribution in [0.2, 0.25) is 0 Å². The van der Waals surface area contributed by atoms with Gasteiger partial charge in [-0.2, -0.15) is 8.78 Å². The number of hydrogen-bond donors (Lipinski definition) is 1. The molecular formula is C20H21F3N2O3. The number of nitrogens with zero attached hydrogens (tertiary/aromatic N) is 1. The average Bonchev–Trinajstić information content (AvgIpc) is 2.68. The molecule has 0 bridgehead atoms. The van der Waals surface area contributed by atoms with E-state index < -0.39 is 18.3 Å². The number of amides is 1. The molecule has 2 aromatic carbocycles. The number of halogens is 3. The number of ether oxygens (including phenoxy) is 2. The highest BCUT2D eigenvalue weighted by molar-refractivity contribution is 6.08. The second-order valence-electron chi connectivity index (χ2n) is 6.38. The van der Waals surface area contributed by atoms with Gasteiger partial charge in [0.2, 0.25) is 0 Å². The monoisotopic (exact) mass is 394 g/mol. The highest BCUT2D eigenvalue weighted by Crippen LogP contribution is 2.34. The summed E-state index contributed by atoms with van der Waals surface area (Å²) in [5.41, 5.74) is 0.833. The first-order chi connectivity index (χ1) is 13.5. The van der Waals surface area contributed by atoms with Gasteiger partial charge in [-0.25, -0.2) is 4.39 Å². The van der Waals surface area contributed by atoms with Crippen molar-refractivity contribution in [2.75, 3.05) is 30.4 Å². The molecule has 0 atom stereocenters. The molecule has 3 rings (SSSR count). The van der Waals surface area contributed by atoms with Crippen LogP contribution in [0, 0.1) is 5.82 Å². The van der Waals surface area contributed by atoms with E-state index in [-0.39, 0.29) is 22.7 Å². The highest BCUT2D eigenvalue weighted by atomic mass is 19.3. The lowest BCUT2D eigenvalue weighted by Gasteiger charge is -2.30. The van der Waals surface area contributed by atoms with Crippen molar-refractivity contribution in [1.82, 2.24) is 0 Å². The number of para-hydroxylation sites is 1. The Kier molecular flexibility index (Phi) is 6.28. The summed E-state index contributed by atoms with van der Waals surface area (Å²) in [6.45, 7) is -1.53. The van der Waals surface area contributed by atoms with Crippen molar-refractivity contribution in [3.63, 3.8) is 0 Å². The van der Waals surface area contributed by atoms with E-state index >= 15 is 0 Å². The van der Waals surface area contributed by atoms with Gasteiger partial charge < -0.3 is 19.7 Å². The number of nitrogens with one attached hydrogen (secondary N) is 1. The second kappa shape index (κ2) is 8.86. The summed E-state index contributed by atoms with van der Waals surface area (Å²) < 4.78 is 48.9. The SMILES string of the molecule is COc1cccc(C(=O)Nc2cc(F)ccc2N2CCCCC2)c1OC(F)F. The number of methoxy groups -OCH3 is 1. The van der Waals surface area contributed by atoms with Crippen LogP contribution >= 0.6 is 0 Å². The first-order valence-corrected chi connectivity index (χ1v) is 8.97. The van der Waals surface area contributed by atoms with Gasteiger partial charge in [0.05, 0.1) is 24.0 Å². The molecule has 2 aromatic rings. The summed E-state index contributed by atoms with van der Waals surface area (Å²) in [6.07, 6.45) is 3.14. The third-order valence-corrected chi connectivity index (χ3v) is 4.55. The number of carbonyl (C=O) groups excluding carboxylic acids is 1. The predicted molar refractivity (Wildman–Crippen MR) is 100 cm³/mol. The predicted octanol–water partition coefficient (Wildman–Crippen LogP) is 4.68. The largest absolute Gasteiger partial charge is 0.493 e. The number of piperidine rings is 1. The Morgan fingerprint density at radius 3 is 2.57 bits per heavy atom. The Hall–Kier alpha value is -2.90. The van der Waals surface area contributed by atoms with Crippen molar-refractivity contribution in [3.8, 4) is 11.5 Å². The highest BCUT2D eigenvalue weighted by Gasteiger charge is 2.22. The van der Waals surface area contributed by atoms with Gasteiger partial charge in [-0.05, 0) is 49.6 Å². The van der Waals surface area contributed by atoms with Crippen LogP contribution in [-0.4, -0.2) is 32.7 Å². The third kappa shape index (κ3) is 4.49. The molecule has 1 amide bonds. The zero-order chi connectivity index (χ0) is 20.1. The van der Waals surface area contributed by atoms with Crippen molar-refractivity contribution in [1.29, 1.82) is 0 Å². The maximum absolute atomic E-state index is 13.8. The van der Waals surface area contributed by atoms with Crippen LogP contribution in [0.5, 0.6) is 11.5 Å². The molecule has 1 N–H and O–H groups in total. The molecule has 5 nitrogen and oxygen atoms in total. The number of benzene rings is 2. The molecule has 0 spiro atoms. The van der Waals surface area contributed by atoms with Crippen molar-refractivity contribution >= 4 is 17.3 Å². The normalized spacial score (nSPS) is 14.1. The Bertz CT molecular complexity index is 839. The van der Waals surface area contributed by atoms with E-state index in [0.717, 1.165) is 32.4 Å². The van der Waals surface area contributed by atoms with E-state index in [1.165, 1.54) is 37.4 Å². The summed E-state index contributed by atoms with van der Waals surface area (Å²) in [7, 11) is 1.29. The Morgan fingerprint density at radius 1 is 1.14 bits per heavy atom. The fourth-order valence-corrected chi connectivity index (χ4v) is 3.27. The van der Waals surface area contributed by atoms with Gasteiger partial charge in [-0.15, -0.1) is 0 Å². The van der Waals surface area contributed by atoms with E-state index in [2.05, 4.69) is 15.0 Å². The van der Waals surface area contributed by atoms with Gasteiger partial charge >= 0.3 is 6.61 Å². The molecular weight excluding hydrogens is 373 g/mol. The third-order valence-electron chi connectivity index (χ3n) is 4.55. The van der Waals surface area contributed by atoms with Gasteiger partial charge in [0.25, 0.3) is 5.91 Å². The number of hydrogen-bond acceptors (Lipinski definition) is 4. The van der Waals surface area contributed by atoms with Crippen LogP contribution in [0.25, 0.3) is 0 Å². The van der Waals surface area contributed by atoms with E-state index in [1.54, 1.807) is 6.07 Å². The van der Waals surface area contributed by atoms with Crippen LogP contribution in [0.1, 0.15) is 29.6 Å². The number of anilines is 2. The van der Waals surface area contributed by atoms with Gasteiger partial charge in [-0.1, -0.05) is 6.07 Å². The summed E-state index contributed by atoms with van der Waals surface area (Å²) in [6, 6.07) is 8.40. The molecule has 1 aliphatic rings. The quantitative estimate of drug-likeness (QED) is 0.773. The van der Waals surface area contributed by atoms with Crippen molar-refractivity contribution in [2.45, 2.75) is 25.9 Å².